The van der Waals surface area contributed by atoms with Gasteiger partial charge >= 0.3 is 0 Å². The lowest BCUT2D eigenvalue weighted by molar-refractivity contribution is -0.114. The van der Waals surface area contributed by atoms with E-state index in [1.165, 1.54) is 16.7 Å². The molecule has 11 heteroatoms. The van der Waals surface area contributed by atoms with Crippen LogP contribution >= 0.6 is 0 Å². The summed E-state index contributed by atoms with van der Waals surface area (Å²) < 4.78 is 34.3. The minimum atomic E-state index is -3.65. The fraction of sp³-hybridized carbons (Fsp3) is 0.286. The van der Waals surface area contributed by atoms with Gasteiger partial charge in [0.1, 0.15) is 12.7 Å². The number of aromatic nitrogens is 3. The van der Waals surface area contributed by atoms with Crippen LogP contribution in [0.2, 0.25) is 0 Å². The molecule has 1 fully saturated rings. The molecule has 4 rings (SSSR count). The molecule has 10 nitrogen and oxygen atoms in total. The zero-order valence-electron chi connectivity index (χ0n) is 17.6. The standard InChI is InChI=1S/C21H24N6O4S/c1-16-2-3-18(12-20(16)32(29,30)26-8-10-31-11-9-26)25-21(28)13-23-17-4-6-19(7-5-17)27-15-22-14-24-27/h2-7,12,14-15,23H,8-11,13H2,1H3,(H,25,28). The zero-order valence-corrected chi connectivity index (χ0v) is 18.4. The quantitative estimate of drug-likeness (QED) is 0.555. The molecule has 3 aromatic rings. The maximum atomic E-state index is 13.0. The van der Waals surface area contributed by atoms with E-state index in [4.69, 9.17) is 4.74 Å². The summed E-state index contributed by atoms with van der Waals surface area (Å²) in [5, 5.41) is 9.87. The van der Waals surface area contributed by atoms with Crippen molar-refractivity contribution in [2.24, 2.45) is 0 Å². The summed E-state index contributed by atoms with van der Waals surface area (Å²) in [6.07, 6.45) is 3.06. The van der Waals surface area contributed by atoms with Crippen molar-refractivity contribution in [1.29, 1.82) is 0 Å². The van der Waals surface area contributed by atoms with Crippen LogP contribution in [0.4, 0.5) is 11.4 Å². The van der Waals surface area contributed by atoms with Crippen LogP contribution in [0.3, 0.4) is 0 Å². The third-order valence-corrected chi connectivity index (χ3v) is 7.10. The number of aryl methyl sites for hydroxylation is 1. The van der Waals surface area contributed by atoms with E-state index in [0.29, 0.717) is 37.6 Å². The van der Waals surface area contributed by atoms with Gasteiger partial charge in [-0.1, -0.05) is 6.07 Å². The molecular formula is C21H24N6O4S. The molecule has 0 spiro atoms. The highest BCUT2D eigenvalue weighted by Gasteiger charge is 2.28. The molecule has 0 radical (unpaired) electrons. The number of rotatable bonds is 7. The van der Waals surface area contributed by atoms with Gasteiger partial charge in [0.15, 0.2) is 0 Å². The number of nitrogens with one attached hydrogen (secondary N) is 2. The molecule has 2 heterocycles. The Morgan fingerprint density at radius 1 is 1.09 bits per heavy atom. The Morgan fingerprint density at radius 3 is 2.50 bits per heavy atom. The lowest BCUT2D eigenvalue weighted by Gasteiger charge is -2.26. The number of benzene rings is 2. The third-order valence-electron chi connectivity index (χ3n) is 5.06. The van der Waals surface area contributed by atoms with Crippen molar-refractivity contribution in [3.05, 3.63) is 60.7 Å². The highest BCUT2D eigenvalue weighted by Crippen LogP contribution is 2.24. The number of sulfonamides is 1. The molecular weight excluding hydrogens is 432 g/mol. The van der Waals surface area contributed by atoms with E-state index < -0.39 is 10.0 Å². The topological polar surface area (TPSA) is 118 Å². The maximum Gasteiger partial charge on any atom is 0.243 e. The number of nitrogens with zero attached hydrogens (tertiary/aromatic N) is 4. The first-order chi connectivity index (χ1) is 15.4. The van der Waals surface area contributed by atoms with Gasteiger partial charge in [0.05, 0.1) is 30.3 Å². The monoisotopic (exact) mass is 456 g/mol. The molecule has 0 aliphatic carbocycles. The van der Waals surface area contributed by atoms with Crippen molar-refractivity contribution < 1.29 is 17.9 Å². The lowest BCUT2D eigenvalue weighted by Crippen LogP contribution is -2.40. The van der Waals surface area contributed by atoms with Crippen molar-refractivity contribution in [3.8, 4) is 5.69 Å². The third kappa shape index (κ3) is 4.96. The van der Waals surface area contributed by atoms with E-state index in [1.807, 2.05) is 24.3 Å². The molecule has 0 bridgehead atoms. The molecule has 2 N–H and O–H groups in total. The molecule has 0 atom stereocenters. The Morgan fingerprint density at radius 2 is 1.81 bits per heavy atom. The van der Waals surface area contributed by atoms with Gasteiger partial charge in [0, 0.05) is 24.5 Å². The minimum absolute atomic E-state index is 0.0299. The molecule has 2 aromatic carbocycles. The van der Waals surface area contributed by atoms with Crippen LogP contribution in [0, 0.1) is 6.92 Å². The van der Waals surface area contributed by atoms with E-state index in [9.17, 15) is 13.2 Å². The summed E-state index contributed by atoms with van der Waals surface area (Å²) >= 11 is 0. The number of amides is 1. The smallest absolute Gasteiger partial charge is 0.243 e. The predicted octanol–water partition coefficient (Wildman–Crippen LogP) is 1.65. The zero-order chi connectivity index (χ0) is 22.6. The van der Waals surface area contributed by atoms with E-state index >= 15 is 0 Å². The van der Waals surface area contributed by atoms with Gasteiger partial charge in [0.25, 0.3) is 0 Å². The predicted molar refractivity (Wildman–Crippen MR) is 119 cm³/mol. The van der Waals surface area contributed by atoms with Crippen LogP contribution in [-0.4, -0.2) is 66.2 Å². The molecule has 1 amide bonds. The van der Waals surface area contributed by atoms with E-state index in [-0.39, 0.29) is 17.3 Å². The fourth-order valence-corrected chi connectivity index (χ4v) is 5.00. The minimum Gasteiger partial charge on any atom is -0.379 e. The Hall–Kier alpha value is -3.28. The van der Waals surface area contributed by atoms with Crippen LogP contribution < -0.4 is 10.6 Å². The summed E-state index contributed by atoms with van der Waals surface area (Å²) in [4.78, 5) is 16.5. The van der Waals surface area contributed by atoms with Crippen molar-refractivity contribution in [3.63, 3.8) is 0 Å². The number of hydrogen-bond donors (Lipinski definition) is 2. The van der Waals surface area contributed by atoms with E-state index in [0.717, 1.165) is 11.4 Å². The Kier molecular flexibility index (Phi) is 6.49. The molecule has 32 heavy (non-hydrogen) atoms. The summed E-state index contributed by atoms with van der Waals surface area (Å²) in [5.41, 5.74) is 2.67. The van der Waals surface area contributed by atoms with Gasteiger partial charge in [-0.25, -0.2) is 18.1 Å². The van der Waals surface area contributed by atoms with Crippen LogP contribution in [0.25, 0.3) is 5.69 Å². The van der Waals surface area contributed by atoms with Crippen LogP contribution in [0.1, 0.15) is 5.56 Å². The lowest BCUT2D eigenvalue weighted by atomic mass is 10.2. The number of ether oxygens (including phenoxy) is 1. The highest BCUT2D eigenvalue weighted by atomic mass is 32.2. The number of carbonyl (C=O) groups excluding carboxylic acids is 1. The SMILES string of the molecule is Cc1ccc(NC(=O)CNc2ccc(-n3cncn3)cc2)cc1S(=O)(=O)N1CCOCC1. The van der Waals surface area contributed by atoms with Crippen molar-refractivity contribution in [1.82, 2.24) is 19.1 Å². The van der Waals surface area contributed by atoms with Crippen LogP contribution in [0.5, 0.6) is 0 Å². The molecule has 1 aromatic heterocycles. The van der Waals surface area contributed by atoms with Gasteiger partial charge < -0.3 is 15.4 Å². The van der Waals surface area contributed by atoms with Crippen molar-refractivity contribution >= 4 is 27.3 Å². The second kappa shape index (κ2) is 9.47. The first-order valence-corrected chi connectivity index (χ1v) is 11.5. The van der Waals surface area contributed by atoms with Crippen molar-refractivity contribution in [2.75, 3.05) is 43.5 Å². The van der Waals surface area contributed by atoms with Crippen LogP contribution in [-0.2, 0) is 19.6 Å². The normalized spacial score (nSPS) is 14.8. The van der Waals surface area contributed by atoms with Crippen LogP contribution in [0.15, 0.2) is 60.0 Å². The van der Waals surface area contributed by atoms with Gasteiger partial charge in [-0.05, 0) is 48.9 Å². The summed E-state index contributed by atoms with van der Waals surface area (Å²) in [7, 11) is -3.65. The Labute approximate surface area is 186 Å². The first kappa shape index (κ1) is 21.9. The number of morpholine rings is 1. The maximum absolute atomic E-state index is 13.0. The molecule has 168 valence electrons. The number of anilines is 2. The second-order valence-electron chi connectivity index (χ2n) is 7.29. The van der Waals surface area contributed by atoms with Gasteiger partial charge in [-0.3, -0.25) is 4.79 Å². The Balaban J connectivity index is 1.38. The van der Waals surface area contributed by atoms with Gasteiger partial charge in [-0.15, -0.1) is 0 Å². The summed E-state index contributed by atoms with van der Waals surface area (Å²) in [5.74, 6) is -0.288. The van der Waals surface area contributed by atoms with Gasteiger partial charge in [-0.2, -0.15) is 9.40 Å². The average molecular weight is 457 g/mol. The largest absolute Gasteiger partial charge is 0.379 e. The molecule has 1 aliphatic heterocycles. The molecule has 0 saturated carbocycles. The highest BCUT2D eigenvalue weighted by molar-refractivity contribution is 7.89. The fourth-order valence-electron chi connectivity index (χ4n) is 3.34. The average Bonchev–Trinajstić information content (AvgIpc) is 3.35. The second-order valence-corrected chi connectivity index (χ2v) is 9.19. The Bertz CT molecular complexity index is 1170. The number of hydrogen-bond acceptors (Lipinski definition) is 7. The van der Waals surface area contributed by atoms with Gasteiger partial charge in [0.2, 0.25) is 15.9 Å². The van der Waals surface area contributed by atoms with E-state index in [2.05, 4.69) is 20.7 Å². The number of carbonyl (C=O) groups is 1. The summed E-state index contributed by atoms with van der Waals surface area (Å²) in [6, 6.07) is 12.3. The molecule has 1 saturated heterocycles. The first-order valence-electron chi connectivity index (χ1n) is 10.1. The van der Waals surface area contributed by atoms with E-state index in [1.54, 1.807) is 30.1 Å². The van der Waals surface area contributed by atoms with Crippen molar-refractivity contribution in [2.45, 2.75) is 11.8 Å². The molecule has 1 aliphatic rings. The summed E-state index contributed by atoms with van der Waals surface area (Å²) in [6.45, 7) is 3.15. The molecule has 0 unspecified atom stereocenters.